The number of hydrogen-bond acceptors (Lipinski definition) is 4. The highest BCUT2D eigenvalue weighted by Crippen LogP contribution is 2.37. The highest BCUT2D eigenvalue weighted by molar-refractivity contribution is 7.90. The summed E-state index contributed by atoms with van der Waals surface area (Å²) in [6.45, 7) is 0. The van der Waals surface area contributed by atoms with Crippen LogP contribution in [0.2, 0.25) is 0 Å². The molecule has 0 spiro atoms. The summed E-state index contributed by atoms with van der Waals surface area (Å²) in [5, 5.41) is 1.05. The van der Waals surface area contributed by atoms with E-state index in [-0.39, 0.29) is 15.8 Å². The minimum Gasteiger partial charge on any atom is -0.221 e. The molecule has 90 valence electrons. The third-order valence-corrected chi connectivity index (χ3v) is 5.45. The maximum absolute atomic E-state index is 11.4. The molecule has 6 heteroatoms. The second-order valence-corrected chi connectivity index (χ2v) is 7.88. The van der Waals surface area contributed by atoms with Gasteiger partial charge in [-0.15, -0.1) is 0 Å². The van der Waals surface area contributed by atoms with Gasteiger partial charge in [0.05, 0.1) is 5.92 Å². The van der Waals surface area contributed by atoms with Gasteiger partial charge in [0, 0.05) is 6.26 Å². The molecule has 4 nitrogen and oxygen atoms in total. The quantitative estimate of drug-likeness (QED) is 0.766. The summed E-state index contributed by atoms with van der Waals surface area (Å²) >= 11 is 0. The van der Waals surface area contributed by atoms with Crippen LogP contribution >= 0.6 is 10.7 Å². The van der Waals surface area contributed by atoms with E-state index in [1.165, 1.54) is 25.5 Å². The standard InChI is InChI=1S/C10H17N2O2S2/c1-15-9(8-6-4-3-5-7-8)11-10(12-15)16(2,13)14/h8H,3-7H2,1-2H3/q+1. The molecule has 16 heavy (non-hydrogen) atoms. The molecule has 1 aromatic rings. The van der Waals surface area contributed by atoms with Crippen molar-refractivity contribution in [1.29, 1.82) is 0 Å². The van der Waals surface area contributed by atoms with Gasteiger partial charge in [-0.1, -0.05) is 19.3 Å². The lowest BCUT2D eigenvalue weighted by Gasteiger charge is -2.16. The third kappa shape index (κ3) is 2.43. The van der Waals surface area contributed by atoms with E-state index in [9.17, 15) is 8.42 Å². The van der Waals surface area contributed by atoms with Crippen LogP contribution in [0.25, 0.3) is 0 Å². The number of sulfone groups is 1. The van der Waals surface area contributed by atoms with Crippen molar-refractivity contribution < 1.29 is 8.42 Å². The molecule has 1 aliphatic carbocycles. The van der Waals surface area contributed by atoms with Crippen LogP contribution in [0.4, 0.5) is 0 Å². The van der Waals surface area contributed by atoms with Crippen molar-refractivity contribution in [1.82, 2.24) is 9.36 Å². The van der Waals surface area contributed by atoms with Gasteiger partial charge in [0.1, 0.15) is 16.9 Å². The van der Waals surface area contributed by atoms with E-state index < -0.39 is 9.84 Å². The van der Waals surface area contributed by atoms with E-state index >= 15 is 0 Å². The average Bonchev–Trinajstić information content (AvgIpc) is 2.61. The van der Waals surface area contributed by atoms with Gasteiger partial charge in [-0.05, 0) is 17.2 Å². The zero-order chi connectivity index (χ0) is 11.8. The predicted octanol–water partition coefficient (Wildman–Crippen LogP) is 2.21. The summed E-state index contributed by atoms with van der Waals surface area (Å²) in [4.78, 5) is 4.26. The summed E-state index contributed by atoms with van der Waals surface area (Å²) < 4.78 is 26.9. The Morgan fingerprint density at radius 3 is 2.38 bits per heavy atom. The van der Waals surface area contributed by atoms with Crippen molar-refractivity contribution in [2.45, 2.75) is 43.2 Å². The first-order valence-corrected chi connectivity index (χ1v) is 9.00. The van der Waals surface area contributed by atoms with Crippen LogP contribution < -0.4 is 0 Å². The van der Waals surface area contributed by atoms with Crippen molar-refractivity contribution in [2.75, 3.05) is 6.26 Å². The van der Waals surface area contributed by atoms with Crippen molar-refractivity contribution in [2.24, 2.45) is 6.26 Å². The molecule has 1 aromatic heterocycles. The van der Waals surface area contributed by atoms with Crippen LogP contribution in [0.1, 0.15) is 43.0 Å². The monoisotopic (exact) mass is 261 g/mol. The molecule has 0 aromatic carbocycles. The van der Waals surface area contributed by atoms with E-state index in [4.69, 9.17) is 0 Å². The lowest BCUT2D eigenvalue weighted by atomic mass is 9.90. The summed E-state index contributed by atoms with van der Waals surface area (Å²) in [7, 11) is -3.56. The van der Waals surface area contributed by atoms with E-state index in [2.05, 4.69) is 9.36 Å². The molecule has 1 saturated carbocycles. The van der Waals surface area contributed by atoms with Crippen molar-refractivity contribution >= 4 is 20.5 Å². The Morgan fingerprint density at radius 1 is 1.25 bits per heavy atom. The lowest BCUT2D eigenvalue weighted by Crippen LogP contribution is -2.05. The number of rotatable bonds is 2. The minimum absolute atomic E-state index is 0.0407. The van der Waals surface area contributed by atoms with Gasteiger partial charge in [-0.2, -0.15) is 4.98 Å². The second kappa shape index (κ2) is 4.41. The first-order valence-electron chi connectivity index (χ1n) is 5.52. The Labute approximate surface area is 99.2 Å². The first kappa shape index (κ1) is 12.0. The Balaban J connectivity index is 2.31. The summed E-state index contributed by atoms with van der Waals surface area (Å²) in [6, 6.07) is 0. The zero-order valence-corrected chi connectivity index (χ0v) is 11.3. The molecule has 1 atom stereocenters. The van der Waals surface area contributed by atoms with Gasteiger partial charge in [0.25, 0.3) is 5.01 Å². The maximum Gasteiger partial charge on any atom is 0.304 e. The summed E-state index contributed by atoms with van der Waals surface area (Å²) in [5.41, 5.74) is 0. The predicted molar refractivity (Wildman–Crippen MR) is 64.4 cm³/mol. The maximum atomic E-state index is 11.4. The van der Waals surface area contributed by atoms with Crippen LogP contribution in [-0.4, -0.2) is 24.0 Å². The van der Waals surface area contributed by atoms with E-state index in [1.54, 1.807) is 0 Å². The Kier molecular flexibility index (Phi) is 3.30. The molecule has 0 radical (unpaired) electrons. The van der Waals surface area contributed by atoms with E-state index in [0.29, 0.717) is 5.92 Å². The highest BCUT2D eigenvalue weighted by Gasteiger charge is 2.31. The number of hydrogen-bond donors (Lipinski definition) is 0. The molecule has 0 N–H and O–H groups in total. The molecule has 1 aliphatic rings. The smallest absolute Gasteiger partial charge is 0.221 e. The molecular weight excluding hydrogens is 244 g/mol. The lowest BCUT2D eigenvalue weighted by molar-refractivity contribution is 0.441. The van der Waals surface area contributed by atoms with Crippen LogP contribution in [0.3, 0.4) is 0 Å². The van der Waals surface area contributed by atoms with Crippen LogP contribution in [0, 0.1) is 0 Å². The van der Waals surface area contributed by atoms with Gasteiger partial charge in [0.15, 0.2) is 0 Å². The molecule has 0 aliphatic heterocycles. The van der Waals surface area contributed by atoms with Gasteiger partial charge in [0.2, 0.25) is 9.84 Å². The van der Waals surface area contributed by atoms with Gasteiger partial charge in [-0.25, -0.2) is 8.42 Å². The fourth-order valence-corrected chi connectivity index (χ4v) is 4.68. The normalized spacial score (nSPS) is 20.0. The average molecular weight is 261 g/mol. The molecular formula is C10H17N2O2S2+. The largest absolute Gasteiger partial charge is 0.304 e. The van der Waals surface area contributed by atoms with Gasteiger partial charge >= 0.3 is 5.16 Å². The fraction of sp³-hybridized carbons (Fsp3) is 0.800. The van der Waals surface area contributed by atoms with Gasteiger partial charge in [-0.3, -0.25) is 0 Å². The van der Waals surface area contributed by atoms with E-state index in [0.717, 1.165) is 17.8 Å². The van der Waals surface area contributed by atoms with E-state index in [1.807, 2.05) is 6.26 Å². The Hall–Kier alpha value is -0.490. The SMILES string of the molecule is C[s+]1nc(S(C)(=O)=O)nc1C1CCCCC1. The number of aryl methyl sites for hydroxylation is 1. The molecule has 0 bridgehead atoms. The molecule has 2 rings (SSSR count). The van der Waals surface area contributed by atoms with Crippen LogP contribution in [-0.2, 0) is 16.1 Å². The molecule has 0 saturated heterocycles. The third-order valence-electron chi connectivity index (χ3n) is 3.01. The molecule has 1 heterocycles. The van der Waals surface area contributed by atoms with Crippen LogP contribution in [0.15, 0.2) is 5.16 Å². The van der Waals surface area contributed by atoms with Gasteiger partial charge < -0.3 is 0 Å². The first-order chi connectivity index (χ1) is 7.48. The molecule has 1 unspecified atom stereocenters. The summed E-state index contributed by atoms with van der Waals surface area (Å²) in [5.74, 6) is 0.463. The second-order valence-electron chi connectivity index (χ2n) is 4.41. The Morgan fingerprint density at radius 2 is 1.88 bits per heavy atom. The fourth-order valence-electron chi connectivity index (χ4n) is 2.18. The summed E-state index contributed by atoms with van der Waals surface area (Å²) in [6.07, 6.45) is 9.18. The minimum atomic E-state index is -3.24. The number of aromatic nitrogens is 2. The molecule has 1 fully saturated rings. The zero-order valence-electron chi connectivity index (χ0n) is 9.64. The van der Waals surface area contributed by atoms with Crippen LogP contribution in [0.5, 0.6) is 0 Å². The van der Waals surface area contributed by atoms with Crippen molar-refractivity contribution in [3.8, 4) is 0 Å². The number of nitrogens with zero attached hydrogens (tertiary/aromatic N) is 2. The topological polar surface area (TPSA) is 59.9 Å². The molecule has 0 amide bonds. The Bertz CT molecular complexity index is 473. The highest BCUT2D eigenvalue weighted by atomic mass is 32.2. The van der Waals surface area contributed by atoms with Crippen molar-refractivity contribution in [3.63, 3.8) is 0 Å². The van der Waals surface area contributed by atoms with Crippen molar-refractivity contribution in [3.05, 3.63) is 5.01 Å².